The molecule has 0 unspecified atom stereocenters. The summed E-state index contributed by atoms with van der Waals surface area (Å²) in [6.45, 7) is 2.41. The van der Waals surface area contributed by atoms with Crippen molar-refractivity contribution in [3.8, 4) is 0 Å². The van der Waals surface area contributed by atoms with Crippen LogP contribution in [0.2, 0.25) is 0 Å². The Morgan fingerprint density at radius 3 is 2.83 bits per heavy atom. The van der Waals surface area contributed by atoms with E-state index in [0.717, 1.165) is 29.7 Å². The van der Waals surface area contributed by atoms with Gasteiger partial charge in [-0.05, 0) is 25.7 Å². The van der Waals surface area contributed by atoms with E-state index in [2.05, 4.69) is 4.98 Å². The van der Waals surface area contributed by atoms with Crippen molar-refractivity contribution in [2.75, 3.05) is 0 Å². The van der Waals surface area contributed by atoms with Crippen LogP contribution in [0.5, 0.6) is 0 Å². The second kappa shape index (κ2) is 2.90. The van der Waals surface area contributed by atoms with Gasteiger partial charge in [-0.1, -0.05) is 0 Å². The number of oxazole rings is 1. The molecule has 0 spiro atoms. The van der Waals surface area contributed by atoms with Gasteiger partial charge in [0.15, 0.2) is 5.89 Å². The van der Waals surface area contributed by atoms with Crippen molar-refractivity contribution < 1.29 is 4.42 Å². The first kappa shape index (κ1) is 7.80. The van der Waals surface area contributed by atoms with Gasteiger partial charge in [0.05, 0.1) is 5.69 Å². The van der Waals surface area contributed by atoms with Gasteiger partial charge in [-0.3, -0.25) is 0 Å². The molecule has 2 rings (SSSR count). The highest BCUT2D eigenvalue weighted by molar-refractivity contribution is 5.08. The maximum atomic E-state index is 5.49. The number of hydrogen-bond donors (Lipinski definition) is 1. The van der Waals surface area contributed by atoms with Gasteiger partial charge in [-0.15, -0.1) is 0 Å². The molecule has 0 aromatic carbocycles. The summed E-state index contributed by atoms with van der Waals surface area (Å²) in [5.74, 6) is 2.58. The number of nitrogens with two attached hydrogens (primary N) is 1. The number of aryl methyl sites for hydroxylation is 1. The van der Waals surface area contributed by atoms with Crippen LogP contribution in [0.15, 0.2) is 4.42 Å². The molecule has 0 amide bonds. The number of rotatable bonds is 3. The largest absolute Gasteiger partial charge is 0.446 e. The SMILES string of the molecule is Cc1oc(CC2CC2)nc1CN. The Balaban J connectivity index is 2.10. The molecule has 1 heterocycles. The van der Waals surface area contributed by atoms with Crippen LogP contribution >= 0.6 is 0 Å². The minimum atomic E-state index is 0.486. The van der Waals surface area contributed by atoms with E-state index >= 15 is 0 Å². The summed E-state index contributed by atoms with van der Waals surface area (Å²) in [6.07, 6.45) is 3.67. The van der Waals surface area contributed by atoms with Crippen LogP contribution in [0.3, 0.4) is 0 Å². The summed E-state index contributed by atoms with van der Waals surface area (Å²) in [6, 6.07) is 0. The Morgan fingerprint density at radius 1 is 1.58 bits per heavy atom. The normalized spacial score (nSPS) is 16.8. The van der Waals surface area contributed by atoms with E-state index in [9.17, 15) is 0 Å². The Morgan fingerprint density at radius 2 is 2.33 bits per heavy atom. The first-order valence-electron chi connectivity index (χ1n) is 4.45. The Bertz CT molecular complexity index is 276. The van der Waals surface area contributed by atoms with Crippen molar-refractivity contribution in [2.24, 2.45) is 11.7 Å². The summed E-state index contributed by atoms with van der Waals surface area (Å²) in [5.41, 5.74) is 6.40. The molecule has 12 heavy (non-hydrogen) atoms. The Kier molecular flexibility index (Phi) is 1.89. The zero-order chi connectivity index (χ0) is 8.55. The molecule has 0 radical (unpaired) electrons. The molecule has 1 saturated carbocycles. The monoisotopic (exact) mass is 166 g/mol. The van der Waals surface area contributed by atoms with Crippen LogP contribution in [-0.4, -0.2) is 4.98 Å². The molecule has 1 aliphatic carbocycles. The zero-order valence-corrected chi connectivity index (χ0v) is 7.34. The Hall–Kier alpha value is -0.830. The van der Waals surface area contributed by atoms with E-state index in [1.807, 2.05) is 6.92 Å². The minimum Gasteiger partial charge on any atom is -0.446 e. The molecular weight excluding hydrogens is 152 g/mol. The Labute approximate surface area is 72.0 Å². The second-order valence-corrected chi connectivity index (χ2v) is 3.46. The van der Waals surface area contributed by atoms with Crippen molar-refractivity contribution >= 4 is 0 Å². The summed E-state index contributed by atoms with van der Waals surface area (Å²) in [7, 11) is 0. The van der Waals surface area contributed by atoms with Gasteiger partial charge < -0.3 is 10.2 Å². The molecular formula is C9H14N2O. The van der Waals surface area contributed by atoms with Crippen LogP contribution in [0.1, 0.15) is 30.2 Å². The molecule has 0 atom stereocenters. The van der Waals surface area contributed by atoms with E-state index in [1.54, 1.807) is 0 Å². The third-order valence-corrected chi connectivity index (χ3v) is 2.29. The van der Waals surface area contributed by atoms with Crippen molar-refractivity contribution in [2.45, 2.75) is 32.7 Å². The van der Waals surface area contributed by atoms with Gasteiger partial charge >= 0.3 is 0 Å². The van der Waals surface area contributed by atoms with Gasteiger partial charge in [-0.25, -0.2) is 4.98 Å². The van der Waals surface area contributed by atoms with Gasteiger partial charge in [0.1, 0.15) is 5.76 Å². The van der Waals surface area contributed by atoms with Crippen LogP contribution in [0.4, 0.5) is 0 Å². The molecule has 1 aromatic heterocycles. The van der Waals surface area contributed by atoms with E-state index in [4.69, 9.17) is 10.2 Å². The molecule has 0 saturated heterocycles. The predicted octanol–water partition coefficient (Wildman–Crippen LogP) is 1.39. The molecule has 66 valence electrons. The van der Waals surface area contributed by atoms with E-state index in [1.165, 1.54) is 12.8 Å². The molecule has 1 fully saturated rings. The van der Waals surface area contributed by atoms with Gasteiger partial charge in [0.2, 0.25) is 0 Å². The molecule has 3 nitrogen and oxygen atoms in total. The van der Waals surface area contributed by atoms with Crippen molar-refractivity contribution in [3.05, 3.63) is 17.3 Å². The summed E-state index contributed by atoms with van der Waals surface area (Å²) in [5, 5.41) is 0. The average molecular weight is 166 g/mol. The summed E-state index contributed by atoms with van der Waals surface area (Å²) in [4.78, 5) is 4.32. The molecule has 0 aliphatic heterocycles. The third-order valence-electron chi connectivity index (χ3n) is 2.29. The topological polar surface area (TPSA) is 52.0 Å². The second-order valence-electron chi connectivity index (χ2n) is 3.46. The molecule has 0 bridgehead atoms. The lowest BCUT2D eigenvalue weighted by Crippen LogP contribution is -1.98. The van der Waals surface area contributed by atoms with E-state index in [-0.39, 0.29) is 0 Å². The van der Waals surface area contributed by atoms with Crippen LogP contribution in [-0.2, 0) is 13.0 Å². The highest BCUT2D eigenvalue weighted by Crippen LogP contribution is 2.32. The predicted molar refractivity (Wildman–Crippen MR) is 45.6 cm³/mol. The maximum Gasteiger partial charge on any atom is 0.194 e. The third kappa shape index (κ3) is 1.50. The standard InChI is InChI=1S/C9H14N2O/c1-6-8(5-10)11-9(12-6)4-7-2-3-7/h7H,2-5,10H2,1H3. The van der Waals surface area contributed by atoms with Crippen LogP contribution in [0, 0.1) is 12.8 Å². The number of hydrogen-bond acceptors (Lipinski definition) is 3. The number of aromatic nitrogens is 1. The van der Waals surface area contributed by atoms with Gasteiger partial charge in [-0.2, -0.15) is 0 Å². The fraction of sp³-hybridized carbons (Fsp3) is 0.667. The highest BCUT2D eigenvalue weighted by atomic mass is 16.4. The molecule has 3 heteroatoms. The first-order valence-corrected chi connectivity index (χ1v) is 4.45. The van der Waals surface area contributed by atoms with E-state index < -0.39 is 0 Å². The van der Waals surface area contributed by atoms with Crippen LogP contribution < -0.4 is 5.73 Å². The lowest BCUT2D eigenvalue weighted by Gasteiger charge is -1.87. The summed E-state index contributed by atoms with van der Waals surface area (Å²) < 4.78 is 5.47. The number of nitrogens with zero attached hydrogens (tertiary/aromatic N) is 1. The van der Waals surface area contributed by atoms with Gasteiger partial charge in [0, 0.05) is 13.0 Å². The minimum absolute atomic E-state index is 0.486. The van der Waals surface area contributed by atoms with Crippen molar-refractivity contribution in [1.82, 2.24) is 4.98 Å². The van der Waals surface area contributed by atoms with Gasteiger partial charge in [0.25, 0.3) is 0 Å². The first-order chi connectivity index (χ1) is 5.79. The lowest BCUT2D eigenvalue weighted by molar-refractivity contribution is 0.460. The highest BCUT2D eigenvalue weighted by Gasteiger charge is 2.24. The molecule has 2 N–H and O–H groups in total. The lowest BCUT2D eigenvalue weighted by atomic mass is 10.3. The molecule has 1 aliphatic rings. The smallest absolute Gasteiger partial charge is 0.194 e. The maximum absolute atomic E-state index is 5.49. The fourth-order valence-electron chi connectivity index (χ4n) is 1.33. The fourth-order valence-corrected chi connectivity index (χ4v) is 1.33. The average Bonchev–Trinajstić information content (AvgIpc) is 2.76. The van der Waals surface area contributed by atoms with Crippen LogP contribution in [0.25, 0.3) is 0 Å². The van der Waals surface area contributed by atoms with Crippen molar-refractivity contribution in [1.29, 1.82) is 0 Å². The zero-order valence-electron chi connectivity index (χ0n) is 7.34. The molecule has 1 aromatic rings. The quantitative estimate of drug-likeness (QED) is 0.738. The summed E-state index contributed by atoms with van der Waals surface area (Å²) >= 11 is 0. The van der Waals surface area contributed by atoms with E-state index in [0.29, 0.717) is 6.54 Å². The van der Waals surface area contributed by atoms with Crippen molar-refractivity contribution in [3.63, 3.8) is 0 Å².